The first-order valence-corrected chi connectivity index (χ1v) is 4.05. The molecule has 0 amide bonds. The zero-order valence-corrected chi connectivity index (χ0v) is 7.50. The molecule has 0 atom stereocenters. The standard InChI is InChI=1S/C9H14O3/c1-3-4-5-6-7-12-9(11)8(2)10/h6-7H,3-5H2,1-2H3. The molecule has 0 aromatic rings. The first kappa shape index (κ1) is 10.9. The Bertz CT molecular complexity index is 182. The van der Waals surface area contributed by atoms with Crippen molar-refractivity contribution in [2.45, 2.75) is 33.1 Å². The molecule has 0 saturated carbocycles. The maximum absolute atomic E-state index is 10.6. The van der Waals surface area contributed by atoms with Gasteiger partial charge in [-0.3, -0.25) is 4.79 Å². The van der Waals surface area contributed by atoms with Gasteiger partial charge >= 0.3 is 5.97 Å². The summed E-state index contributed by atoms with van der Waals surface area (Å²) in [5.41, 5.74) is 0. The summed E-state index contributed by atoms with van der Waals surface area (Å²) in [7, 11) is 0. The van der Waals surface area contributed by atoms with E-state index in [-0.39, 0.29) is 0 Å². The number of carbonyl (C=O) groups is 2. The lowest BCUT2D eigenvalue weighted by Gasteiger charge is -1.92. The number of hydrogen-bond donors (Lipinski definition) is 0. The van der Waals surface area contributed by atoms with Gasteiger partial charge in [-0.2, -0.15) is 0 Å². The van der Waals surface area contributed by atoms with Crippen LogP contribution in [0.2, 0.25) is 0 Å². The smallest absolute Gasteiger partial charge is 0.379 e. The van der Waals surface area contributed by atoms with E-state index < -0.39 is 11.8 Å². The minimum atomic E-state index is -0.803. The Morgan fingerprint density at radius 3 is 2.58 bits per heavy atom. The van der Waals surface area contributed by atoms with Gasteiger partial charge in [-0.25, -0.2) is 4.79 Å². The van der Waals surface area contributed by atoms with Crippen LogP contribution < -0.4 is 0 Å². The Balaban J connectivity index is 3.47. The summed E-state index contributed by atoms with van der Waals surface area (Å²) in [6.45, 7) is 3.26. The molecule has 0 rings (SSSR count). The molecule has 68 valence electrons. The number of unbranched alkanes of at least 4 members (excludes halogenated alkanes) is 2. The third-order valence-corrected chi connectivity index (χ3v) is 1.28. The highest BCUT2D eigenvalue weighted by atomic mass is 16.5. The van der Waals surface area contributed by atoms with Crippen molar-refractivity contribution in [3.63, 3.8) is 0 Å². The summed E-state index contributed by atoms with van der Waals surface area (Å²) in [6, 6.07) is 0. The number of Topliss-reactive ketones (excluding diaryl/α,β-unsaturated/α-hetero) is 1. The highest BCUT2D eigenvalue weighted by molar-refractivity contribution is 6.32. The number of ether oxygens (including phenoxy) is 1. The first-order chi connectivity index (χ1) is 5.68. The fourth-order valence-corrected chi connectivity index (χ4v) is 0.583. The molecule has 0 bridgehead atoms. The monoisotopic (exact) mass is 170 g/mol. The molecule has 0 spiro atoms. The van der Waals surface area contributed by atoms with Gasteiger partial charge in [0.15, 0.2) is 0 Å². The zero-order chi connectivity index (χ0) is 9.40. The molecule has 0 N–H and O–H groups in total. The lowest BCUT2D eigenvalue weighted by atomic mass is 10.2. The van der Waals surface area contributed by atoms with E-state index in [9.17, 15) is 9.59 Å². The van der Waals surface area contributed by atoms with Gasteiger partial charge in [0, 0.05) is 6.92 Å². The number of rotatable bonds is 5. The molecule has 12 heavy (non-hydrogen) atoms. The van der Waals surface area contributed by atoms with Crippen LogP contribution in [-0.4, -0.2) is 11.8 Å². The summed E-state index contributed by atoms with van der Waals surface area (Å²) in [5, 5.41) is 0. The highest BCUT2D eigenvalue weighted by Crippen LogP contribution is 1.95. The van der Waals surface area contributed by atoms with Crippen LogP contribution in [0.1, 0.15) is 33.1 Å². The molecular weight excluding hydrogens is 156 g/mol. The lowest BCUT2D eigenvalue weighted by molar-refractivity contribution is -0.148. The van der Waals surface area contributed by atoms with Crippen LogP contribution in [0.5, 0.6) is 0 Å². The second-order valence-electron chi connectivity index (χ2n) is 2.48. The summed E-state index contributed by atoms with van der Waals surface area (Å²) < 4.78 is 4.48. The van der Waals surface area contributed by atoms with Gasteiger partial charge in [-0.05, 0) is 18.9 Å². The Hall–Kier alpha value is -1.12. The van der Waals surface area contributed by atoms with Crippen molar-refractivity contribution in [2.75, 3.05) is 0 Å². The molecule has 0 radical (unpaired) electrons. The molecule has 0 aromatic heterocycles. The van der Waals surface area contributed by atoms with E-state index in [0.29, 0.717) is 0 Å². The second kappa shape index (κ2) is 6.58. The lowest BCUT2D eigenvalue weighted by Crippen LogP contribution is -2.09. The van der Waals surface area contributed by atoms with Gasteiger partial charge < -0.3 is 4.74 Å². The molecule has 0 heterocycles. The van der Waals surface area contributed by atoms with Gasteiger partial charge in [-0.1, -0.05) is 13.3 Å². The number of ketones is 1. The van der Waals surface area contributed by atoms with Gasteiger partial charge in [0.05, 0.1) is 6.26 Å². The van der Waals surface area contributed by atoms with E-state index in [0.717, 1.165) is 19.3 Å². The zero-order valence-electron chi connectivity index (χ0n) is 7.50. The van der Waals surface area contributed by atoms with E-state index in [1.54, 1.807) is 6.08 Å². The predicted octanol–water partition coefficient (Wildman–Crippen LogP) is 1.82. The van der Waals surface area contributed by atoms with E-state index in [1.807, 2.05) is 0 Å². The fourth-order valence-electron chi connectivity index (χ4n) is 0.583. The van der Waals surface area contributed by atoms with Crippen molar-refractivity contribution in [1.29, 1.82) is 0 Å². The van der Waals surface area contributed by atoms with Gasteiger partial charge in [0.2, 0.25) is 5.78 Å². The number of allylic oxidation sites excluding steroid dienone is 1. The maximum atomic E-state index is 10.6. The molecule has 0 fully saturated rings. The summed E-state index contributed by atoms with van der Waals surface area (Å²) in [4.78, 5) is 20.9. The normalized spacial score (nSPS) is 10.2. The average Bonchev–Trinajstić information content (AvgIpc) is 2.03. The molecule has 0 aromatic carbocycles. The van der Waals surface area contributed by atoms with Crippen LogP contribution in [0, 0.1) is 0 Å². The second-order valence-corrected chi connectivity index (χ2v) is 2.48. The summed E-state index contributed by atoms with van der Waals surface area (Å²) in [6.07, 6.45) is 6.06. The summed E-state index contributed by atoms with van der Waals surface area (Å²) >= 11 is 0. The molecule has 3 heteroatoms. The van der Waals surface area contributed by atoms with Crippen molar-refractivity contribution >= 4 is 11.8 Å². The SMILES string of the molecule is CCCCC=COC(=O)C(C)=O. The third kappa shape index (κ3) is 5.65. The van der Waals surface area contributed by atoms with Gasteiger partial charge in [0.25, 0.3) is 0 Å². The minimum Gasteiger partial charge on any atom is -0.429 e. The molecule has 0 aliphatic rings. The van der Waals surface area contributed by atoms with Crippen molar-refractivity contribution < 1.29 is 14.3 Å². The van der Waals surface area contributed by atoms with Crippen LogP contribution >= 0.6 is 0 Å². The molecule has 3 nitrogen and oxygen atoms in total. The first-order valence-electron chi connectivity index (χ1n) is 4.05. The molecule has 0 saturated heterocycles. The van der Waals surface area contributed by atoms with E-state index in [2.05, 4.69) is 11.7 Å². The number of hydrogen-bond acceptors (Lipinski definition) is 3. The van der Waals surface area contributed by atoms with Crippen molar-refractivity contribution in [2.24, 2.45) is 0 Å². The molecule has 0 aliphatic heterocycles. The number of esters is 1. The van der Waals surface area contributed by atoms with Crippen LogP contribution in [-0.2, 0) is 14.3 Å². The van der Waals surface area contributed by atoms with Gasteiger partial charge in [0.1, 0.15) is 0 Å². The summed E-state index contributed by atoms with van der Waals surface area (Å²) in [5.74, 6) is -1.38. The molecule has 0 aliphatic carbocycles. The van der Waals surface area contributed by atoms with E-state index in [1.165, 1.54) is 13.2 Å². The van der Waals surface area contributed by atoms with Crippen LogP contribution in [0.15, 0.2) is 12.3 Å². The van der Waals surface area contributed by atoms with Crippen LogP contribution in [0.4, 0.5) is 0 Å². The quantitative estimate of drug-likeness (QED) is 0.273. The predicted molar refractivity (Wildman–Crippen MR) is 45.4 cm³/mol. The Kier molecular flexibility index (Phi) is 5.97. The Labute approximate surface area is 72.4 Å². The fraction of sp³-hybridized carbons (Fsp3) is 0.556. The Morgan fingerprint density at radius 2 is 2.08 bits per heavy atom. The van der Waals surface area contributed by atoms with Crippen molar-refractivity contribution in [1.82, 2.24) is 0 Å². The Morgan fingerprint density at radius 1 is 1.42 bits per heavy atom. The maximum Gasteiger partial charge on any atom is 0.379 e. The van der Waals surface area contributed by atoms with E-state index >= 15 is 0 Å². The molecular formula is C9H14O3. The average molecular weight is 170 g/mol. The minimum absolute atomic E-state index is 0.574. The van der Waals surface area contributed by atoms with Crippen LogP contribution in [0.3, 0.4) is 0 Å². The van der Waals surface area contributed by atoms with Gasteiger partial charge in [-0.15, -0.1) is 0 Å². The largest absolute Gasteiger partial charge is 0.429 e. The van der Waals surface area contributed by atoms with E-state index in [4.69, 9.17) is 0 Å². The molecule has 0 unspecified atom stereocenters. The topological polar surface area (TPSA) is 43.4 Å². The van der Waals surface area contributed by atoms with Crippen molar-refractivity contribution in [3.8, 4) is 0 Å². The van der Waals surface area contributed by atoms with Crippen molar-refractivity contribution in [3.05, 3.63) is 12.3 Å². The highest BCUT2D eigenvalue weighted by Gasteiger charge is 2.05. The number of carbonyl (C=O) groups excluding carboxylic acids is 2. The third-order valence-electron chi connectivity index (χ3n) is 1.28. The van der Waals surface area contributed by atoms with Crippen LogP contribution in [0.25, 0.3) is 0 Å².